The summed E-state index contributed by atoms with van der Waals surface area (Å²) in [5.74, 6) is 0.493. The number of hydrogen-bond acceptors (Lipinski definition) is 3. The van der Waals surface area contributed by atoms with Crippen molar-refractivity contribution < 1.29 is 0 Å². The van der Waals surface area contributed by atoms with E-state index in [0.29, 0.717) is 5.96 Å². The van der Waals surface area contributed by atoms with Gasteiger partial charge in [-0.25, -0.2) is 0 Å². The van der Waals surface area contributed by atoms with E-state index in [1.165, 1.54) is 56.9 Å². The van der Waals surface area contributed by atoms with E-state index in [1.807, 2.05) is 18.3 Å². The number of aryl methyl sites for hydroxylation is 1. The van der Waals surface area contributed by atoms with E-state index < -0.39 is 0 Å². The number of nitrogens with one attached hydrogen (secondary N) is 2. The molecule has 1 aromatic carbocycles. The quantitative estimate of drug-likeness (QED) is 0.173. The van der Waals surface area contributed by atoms with Crippen molar-refractivity contribution in [2.24, 2.45) is 4.99 Å². The Balaban J connectivity index is 1.47. The molecule has 0 bridgehead atoms. The van der Waals surface area contributed by atoms with Crippen molar-refractivity contribution in [3.8, 4) is 6.19 Å². The maximum atomic E-state index is 8.85. The van der Waals surface area contributed by atoms with E-state index in [2.05, 4.69) is 50.9 Å². The second kappa shape index (κ2) is 14.2. The lowest BCUT2D eigenvalue weighted by molar-refractivity contribution is 0.570. The fourth-order valence-electron chi connectivity index (χ4n) is 3.07. The summed E-state index contributed by atoms with van der Waals surface area (Å²) in [6.07, 6.45) is 16.6. The molecule has 2 N–H and O–H groups in total. The Morgan fingerprint density at radius 1 is 0.857 bits per heavy atom. The van der Waals surface area contributed by atoms with Gasteiger partial charge in [0.1, 0.15) is 0 Å². The average molecular weight is 378 g/mol. The lowest BCUT2D eigenvalue weighted by Gasteiger charge is -2.07. The van der Waals surface area contributed by atoms with Crippen LogP contribution in [0.3, 0.4) is 0 Å². The molecule has 0 atom stereocenters. The number of nitriles is 1. The highest BCUT2D eigenvalue weighted by Gasteiger charge is 1.99. The Bertz CT molecular complexity index is 707. The van der Waals surface area contributed by atoms with Crippen molar-refractivity contribution in [1.29, 1.82) is 5.26 Å². The molecule has 1 aromatic heterocycles. The van der Waals surface area contributed by atoms with Gasteiger partial charge < -0.3 is 5.32 Å². The topological polar surface area (TPSA) is 73.1 Å². The number of pyridine rings is 1. The summed E-state index contributed by atoms with van der Waals surface area (Å²) in [5.41, 5.74) is 2.32. The molecule has 0 aliphatic rings. The molecule has 0 aliphatic heterocycles. The highest BCUT2D eigenvalue weighted by molar-refractivity contribution is 5.94. The van der Waals surface area contributed by atoms with Gasteiger partial charge in [0.2, 0.25) is 5.96 Å². The summed E-state index contributed by atoms with van der Waals surface area (Å²) in [6.45, 7) is 0.721. The molecule has 2 aromatic rings. The van der Waals surface area contributed by atoms with Crippen LogP contribution < -0.4 is 10.6 Å². The Morgan fingerprint density at radius 3 is 2.18 bits per heavy atom. The molecule has 28 heavy (non-hydrogen) atoms. The zero-order chi connectivity index (χ0) is 19.7. The van der Waals surface area contributed by atoms with Crippen molar-refractivity contribution in [3.05, 3.63) is 60.4 Å². The largest absolute Gasteiger partial charge is 0.325 e. The van der Waals surface area contributed by atoms with Gasteiger partial charge in [-0.3, -0.25) is 15.3 Å². The van der Waals surface area contributed by atoms with Crippen molar-refractivity contribution >= 4 is 11.6 Å². The molecular formula is C23H31N5. The van der Waals surface area contributed by atoms with Crippen LogP contribution in [0.5, 0.6) is 0 Å². The number of guanidine groups is 1. The summed E-state index contributed by atoms with van der Waals surface area (Å²) in [7, 11) is 0. The first-order valence-corrected chi connectivity index (χ1v) is 10.3. The summed E-state index contributed by atoms with van der Waals surface area (Å²) in [5, 5.41) is 14.5. The standard InChI is InChI=1S/C23H31N5/c24-20-27-23(28-22-15-18-25-19-16-22)26-17-11-6-4-2-1-3-5-8-12-21-13-9-7-10-14-21/h7,9-10,13-16,18-19H,1-6,8,11-12,17H2,(H2,25,26,27,28). The predicted molar refractivity (Wildman–Crippen MR) is 116 cm³/mol. The van der Waals surface area contributed by atoms with E-state index >= 15 is 0 Å². The monoisotopic (exact) mass is 377 g/mol. The van der Waals surface area contributed by atoms with Crippen molar-refractivity contribution in [2.75, 3.05) is 11.9 Å². The average Bonchev–Trinajstić information content (AvgIpc) is 2.73. The molecule has 1 heterocycles. The first-order chi connectivity index (χ1) is 13.9. The van der Waals surface area contributed by atoms with E-state index in [4.69, 9.17) is 5.26 Å². The molecular weight excluding hydrogens is 346 g/mol. The highest BCUT2D eigenvalue weighted by Crippen LogP contribution is 2.11. The van der Waals surface area contributed by atoms with E-state index in [-0.39, 0.29) is 0 Å². The SMILES string of the molecule is N#CNC(=NCCCCCCCCCCc1ccccc1)Nc1ccncc1. The molecule has 2 rings (SSSR count). The van der Waals surface area contributed by atoms with Crippen LogP contribution in [0.25, 0.3) is 0 Å². The van der Waals surface area contributed by atoms with Crippen LogP contribution in [0.4, 0.5) is 5.69 Å². The summed E-state index contributed by atoms with van der Waals surface area (Å²) >= 11 is 0. The first-order valence-electron chi connectivity index (χ1n) is 10.3. The number of benzene rings is 1. The van der Waals surface area contributed by atoms with Crippen LogP contribution in [-0.2, 0) is 6.42 Å². The molecule has 5 nitrogen and oxygen atoms in total. The van der Waals surface area contributed by atoms with Crippen LogP contribution >= 0.6 is 0 Å². The fraction of sp³-hybridized carbons (Fsp3) is 0.435. The van der Waals surface area contributed by atoms with Gasteiger partial charge in [0.05, 0.1) is 0 Å². The van der Waals surface area contributed by atoms with E-state index in [9.17, 15) is 0 Å². The highest BCUT2D eigenvalue weighted by atomic mass is 15.2. The Hall–Kier alpha value is -2.87. The number of hydrogen-bond donors (Lipinski definition) is 2. The summed E-state index contributed by atoms with van der Waals surface area (Å²) in [6, 6.07) is 14.4. The lowest BCUT2D eigenvalue weighted by Crippen LogP contribution is -2.27. The smallest absolute Gasteiger partial charge is 0.209 e. The molecule has 0 radical (unpaired) electrons. The number of aromatic nitrogens is 1. The third-order valence-electron chi connectivity index (χ3n) is 4.60. The molecule has 0 saturated heterocycles. The molecule has 0 amide bonds. The molecule has 0 unspecified atom stereocenters. The van der Waals surface area contributed by atoms with Crippen molar-refractivity contribution in [1.82, 2.24) is 10.3 Å². The number of nitrogens with zero attached hydrogens (tertiary/aromatic N) is 3. The third-order valence-corrected chi connectivity index (χ3v) is 4.60. The lowest BCUT2D eigenvalue weighted by atomic mass is 10.0. The molecule has 148 valence electrons. The summed E-state index contributed by atoms with van der Waals surface area (Å²) < 4.78 is 0. The van der Waals surface area contributed by atoms with Crippen LogP contribution in [0, 0.1) is 11.5 Å². The maximum absolute atomic E-state index is 8.85. The number of anilines is 1. The van der Waals surface area contributed by atoms with Crippen LogP contribution in [0.15, 0.2) is 59.9 Å². The zero-order valence-corrected chi connectivity index (χ0v) is 16.6. The van der Waals surface area contributed by atoms with Gasteiger partial charge in [-0.2, -0.15) is 5.26 Å². The number of aliphatic imine (C=N–C) groups is 1. The first kappa shape index (κ1) is 21.4. The molecule has 0 aliphatic carbocycles. The van der Waals surface area contributed by atoms with Gasteiger partial charge in [0, 0.05) is 24.6 Å². The van der Waals surface area contributed by atoms with Gasteiger partial charge in [-0.05, 0) is 37.0 Å². The van der Waals surface area contributed by atoms with E-state index in [0.717, 1.165) is 18.7 Å². The molecule has 0 saturated carbocycles. The minimum absolute atomic E-state index is 0.493. The molecule has 5 heteroatoms. The number of unbranched alkanes of at least 4 members (excludes halogenated alkanes) is 7. The zero-order valence-electron chi connectivity index (χ0n) is 16.6. The molecule has 0 fully saturated rings. The maximum Gasteiger partial charge on any atom is 0.209 e. The minimum Gasteiger partial charge on any atom is -0.325 e. The van der Waals surface area contributed by atoms with Gasteiger partial charge in [0.25, 0.3) is 0 Å². The summed E-state index contributed by atoms with van der Waals surface area (Å²) in [4.78, 5) is 8.42. The number of rotatable bonds is 12. The van der Waals surface area contributed by atoms with Gasteiger partial charge in [-0.15, -0.1) is 0 Å². The second-order valence-corrected chi connectivity index (χ2v) is 6.89. The normalized spacial score (nSPS) is 11.0. The van der Waals surface area contributed by atoms with Gasteiger partial charge in [-0.1, -0.05) is 68.9 Å². The fourth-order valence-corrected chi connectivity index (χ4v) is 3.07. The Labute approximate surface area is 168 Å². The van der Waals surface area contributed by atoms with Crippen LogP contribution in [-0.4, -0.2) is 17.5 Å². The van der Waals surface area contributed by atoms with Crippen LogP contribution in [0.1, 0.15) is 56.9 Å². The third kappa shape index (κ3) is 9.72. The van der Waals surface area contributed by atoms with Crippen molar-refractivity contribution in [3.63, 3.8) is 0 Å². The predicted octanol–water partition coefficient (Wildman–Crippen LogP) is 5.28. The van der Waals surface area contributed by atoms with Gasteiger partial charge >= 0.3 is 0 Å². The Kier molecular flexibility index (Phi) is 10.9. The minimum atomic E-state index is 0.493. The van der Waals surface area contributed by atoms with Crippen LogP contribution in [0.2, 0.25) is 0 Å². The van der Waals surface area contributed by atoms with Gasteiger partial charge in [0.15, 0.2) is 6.19 Å². The Morgan fingerprint density at radius 2 is 1.50 bits per heavy atom. The molecule has 0 spiro atoms. The van der Waals surface area contributed by atoms with Crippen molar-refractivity contribution in [2.45, 2.75) is 57.8 Å². The second-order valence-electron chi connectivity index (χ2n) is 6.89. The van der Waals surface area contributed by atoms with E-state index in [1.54, 1.807) is 12.4 Å².